The van der Waals surface area contributed by atoms with Crippen molar-refractivity contribution in [3.63, 3.8) is 0 Å². The molecule has 2 fully saturated rings. The first kappa shape index (κ1) is 24.0. The third-order valence-corrected chi connectivity index (χ3v) is 8.90. The first-order chi connectivity index (χ1) is 15.9. The Morgan fingerprint density at radius 1 is 1.24 bits per heavy atom. The van der Waals surface area contributed by atoms with E-state index in [-0.39, 0.29) is 23.5 Å². The third kappa shape index (κ3) is 5.70. The highest BCUT2D eigenvalue weighted by Gasteiger charge is 2.36. The lowest BCUT2D eigenvalue weighted by Crippen LogP contribution is -2.44. The molecule has 1 amide bonds. The van der Waals surface area contributed by atoms with Crippen LogP contribution in [0.4, 0.5) is 5.95 Å². The summed E-state index contributed by atoms with van der Waals surface area (Å²) in [6, 6.07) is 9.86. The molecular weight excluding hydrogens is 462 g/mol. The van der Waals surface area contributed by atoms with Crippen molar-refractivity contribution in [1.29, 1.82) is 0 Å². The highest BCUT2D eigenvalue weighted by Crippen LogP contribution is 2.29. The van der Waals surface area contributed by atoms with Gasteiger partial charge in [0.15, 0.2) is 15.0 Å². The number of aromatic nitrogens is 3. The second kappa shape index (κ2) is 10.4. The first-order valence-electron chi connectivity index (χ1n) is 11.4. The van der Waals surface area contributed by atoms with E-state index in [4.69, 9.17) is 4.74 Å². The van der Waals surface area contributed by atoms with Crippen molar-refractivity contribution in [2.24, 2.45) is 0 Å². The summed E-state index contributed by atoms with van der Waals surface area (Å²) in [6.07, 6.45) is 0.505. The monoisotopic (exact) mass is 493 g/mol. The first-order valence-corrected chi connectivity index (χ1v) is 14.1. The molecule has 2 atom stereocenters. The molecule has 2 aliphatic heterocycles. The zero-order valence-electron chi connectivity index (χ0n) is 19.1. The van der Waals surface area contributed by atoms with Crippen LogP contribution in [0.5, 0.6) is 0 Å². The Bertz CT molecular complexity index is 1050. The predicted molar refractivity (Wildman–Crippen MR) is 128 cm³/mol. The molecule has 1 aromatic carbocycles. The molecule has 0 radical (unpaired) electrons. The van der Waals surface area contributed by atoms with Crippen LogP contribution in [-0.4, -0.2) is 89.6 Å². The van der Waals surface area contributed by atoms with Crippen molar-refractivity contribution in [1.82, 2.24) is 19.7 Å². The molecule has 0 bridgehead atoms. The van der Waals surface area contributed by atoms with Gasteiger partial charge >= 0.3 is 0 Å². The lowest BCUT2D eigenvalue weighted by molar-refractivity contribution is -0.131. The average molecular weight is 494 g/mol. The van der Waals surface area contributed by atoms with Crippen LogP contribution < -0.4 is 4.90 Å². The van der Waals surface area contributed by atoms with E-state index in [1.165, 1.54) is 11.8 Å². The van der Waals surface area contributed by atoms with Crippen molar-refractivity contribution in [3.05, 3.63) is 35.9 Å². The van der Waals surface area contributed by atoms with Crippen LogP contribution >= 0.6 is 11.8 Å². The minimum absolute atomic E-state index is 0.0509. The quantitative estimate of drug-likeness (QED) is 0.513. The number of carbonyl (C=O) groups excluding carboxylic acids is 1. The number of morpholine rings is 1. The smallest absolute Gasteiger partial charge is 0.236 e. The van der Waals surface area contributed by atoms with Gasteiger partial charge in [0.05, 0.1) is 36.5 Å². The highest BCUT2D eigenvalue weighted by molar-refractivity contribution is 8.00. The number of benzene rings is 1. The molecule has 0 N–H and O–H groups in total. The highest BCUT2D eigenvalue weighted by atomic mass is 32.2. The van der Waals surface area contributed by atoms with E-state index in [9.17, 15) is 13.2 Å². The fraction of sp³-hybridized carbons (Fsp3) is 0.591. The zero-order valence-corrected chi connectivity index (χ0v) is 20.7. The zero-order chi connectivity index (χ0) is 23.4. The molecule has 4 rings (SSSR count). The maximum Gasteiger partial charge on any atom is 0.236 e. The molecule has 180 valence electrons. The molecule has 11 heteroatoms. The van der Waals surface area contributed by atoms with Crippen LogP contribution in [0.25, 0.3) is 0 Å². The van der Waals surface area contributed by atoms with E-state index < -0.39 is 15.1 Å². The SMILES string of the molecule is CCN(C(=O)C(C)Sc1nnc(N2CCOCC2)n1Cc1ccccc1)C1CCS(=O)(=O)C1. The summed E-state index contributed by atoms with van der Waals surface area (Å²) in [5, 5.41) is 9.18. The summed E-state index contributed by atoms with van der Waals surface area (Å²) in [5.41, 5.74) is 1.12. The van der Waals surface area contributed by atoms with E-state index in [2.05, 4.69) is 31.8 Å². The molecule has 2 saturated heterocycles. The summed E-state index contributed by atoms with van der Waals surface area (Å²) in [5.74, 6) is 0.914. The van der Waals surface area contributed by atoms with E-state index in [0.717, 1.165) is 24.6 Å². The summed E-state index contributed by atoms with van der Waals surface area (Å²) in [6.45, 7) is 7.61. The van der Waals surface area contributed by atoms with Crippen LogP contribution in [0, 0.1) is 0 Å². The Morgan fingerprint density at radius 2 is 1.97 bits per heavy atom. The lowest BCUT2D eigenvalue weighted by atomic mass is 10.2. The maximum atomic E-state index is 13.3. The molecule has 0 saturated carbocycles. The Hall–Kier alpha value is -2.11. The van der Waals surface area contributed by atoms with Crippen molar-refractivity contribution in [3.8, 4) is 0 Å². The Balaban J connectivity index is 1.54. The molecule has 9 nitrogen and oxygen atoms in total. The second-order valence-corrected chi connectivity index (χ2v) is 11.9. The van der Waals surface area contributed by atoms with E-state index >= 15 is 0 Å². The van der Waals surface area contributed by atoms with E-state index in [1.54, 1.807) is 4.90 Å². The van der Waals surface area contributed by atoms with Gasteiger partial charge in [0.25, 0.3) is 0 Å². The van der Waals surface area contributed by atoms with Crippen LogP contribution in [-0.2, 0) is 25.9 Å². The summed E-state index contributed by atoms with van der Waals surface area (Å²) < 4.78 is 31.4. The van der Waals surface area contributed by atoms with Crippen LogP contribution in [0.2, 0.25) is 0 Å². The Labute approximate surface area is 199 Å². The molecule has 33 heavy (non-hydrogen) atoms. The topological polar surface area (TPSA) is 97.6 Å². The second-order valence-electron chi connectivity index (χ2n) is 8.39. The van der Waals surface area contributed by atoms with Gasteiger partial charge in [0.1, 0.15) is 0 Å². The summed E-state index contributed by atoms with van der Waals surface area (Å²) in [4.78, 5) is 17.2. The molecule has 2 unspecified atom stereocenters. The third-order valence-electron chi connectivity index (χ3n) is 6.08. The summed E-state index contributed by atoms with van der Waals surface area (Å²) in [7, 11) is -3.06. The van der Waals surface area contributed by atoms with E-state index in [1.807, 2.05) is 32.0 Å². The minimum Gasteiger partial charge on any atom is -0.378 e. The van der Waals surface area contributed by atoms with Gasteiger partial charge in [-0.15, -0.1) is 10.2 Å². The molecule has 2 aliphatic rings. The van der Waals surface area contributed by atoms with Crippen LogP contribution in [0.1, 0.15) is 25.8 Å². The van der Waals surface area contributed by atoms with Gasteiger partial charge < -0.3 is 14.5 Å². The maximum absolute atomic E-state index is 13.3. The molecule has 1 aromatic heterocycles. The Kier molecular flexibility index (Phi) is 7.60. The number of anilines is 1. The fourth-order valence-corrected chi connectivity index (χ4v) is 6.97. The minimum atomic E-state index is -3.06. The summed E-state index contributed by atoms with van der Waals surface area (Å²) >= 11 is 1.38. The molecular formula is C22H31N5O4S2. The normalized spacial score (nSPS) is 21.2. The predicted octanol–water partition coefficient (Wildman–Crippen LogP) is 1.68. The van der Waals surface area contributed by atoms with Gasteiger partial charge in [0, 0.05) is 25.7 Å². The standard InChI is InChI=1S/C22H31N5O4S2/c1-3-26(19-9-14-33(29,30)16-19)20(28)17(2)32-22-24-23-21(25-10-12-31-13-11-25)27(22)15-18-7-5-4-6-8-18/h4-8,17,19H,3,9-16H2,1-2H3. The number of nitrogens with zero attached hydrogens (tertiary/aromatic N) is 5. The van der Waals surface area contributed by atoms with Crippen molar-refractivity contribution in [2.45, 2.75) is 43.3 Å². The van der Waals surface area contributed by atoms with Gasteiger partial charge in [-0.2, -0.15) is 0 Å². The van der Waals surface area contributed by atoms with E-state index in [0.29, 0.717) is 37.9 Å². The number of hydrogen-bond acceptors (Lipinski definition) is 8. The lowest BCUT2D eigenvalue weighted by Gasteiger charge is -2.29. The van der Waals surface area contributed by atoms with Crippen LogP contribution in [0.15, 0.2) is 35.5 Å². The number of carbonyl (C=O) groups is 1. The molecule has 0 aliphatic carbocycles. The number of ether oxygens (including phenoxy) is 1. The van der Waals surface area contributed by atoms with Gasteiger partial charge in [-0.25, -0.2) is 8.42 Å². The fourth-order valence-electron chi connectivity index (χ4n) is 4.33. The number of amides is 1. The van der Waals surface area contributed by atoms with Gasteiger partial charge in [-0.05, 0) is 25.8 Å². The largest absolute Gasteiger partial charge is 0.378 e. The van der Waals surface area contributed by atoms with Crippen molar-refractivity contribution in [2.75, 3.05) is 49.3 Å². The van der Waals surface area contributed by atoms with Gasteiger partial charge in [-0.1, -0.05) is 42.1 Å². The van der Waals surface area contributed by atoms with Crippen molar-refractivity contribution < 1.29 is 17.9 Å². The number of sulfone groups is 1. The van der Waals surface area contributed by atoms with Crippen molar-refractivity contribution >= 4 is 33.5 Å². The average Bonchev–Trinajstić information content (AvgIpc) is 3.38. The Morgan fingerprint density at radius 3 is 2.61 bits per heavy atom. The van der Waals surface area contributed by atoms with Crippen LogP contribution in [0.3, 0.4) is 0 Å². The van der Waals surface area contributed by atoms with Gasteiger partial charge in [-0.3, -0.25) is 9.36 Å². The van der Waals surface area contributed by atoms with Gasteiger partial charge in [0.2, 0.25) is 11.9 Å². The number of thioether (sulfide) groups is 1. The molecule has 0 spiro atoms. The molecule has 3 heterocycles. The molecule has 2 aromatic rings. The number of rotatable bonds is 8. The number of hydrogen-bond donors (Lipinski definition) is 0.